The summed E-state index contributed by atoms with van der Waals surface area (Å²) in [5.74, 6) is -0.416. The lowest BCUT2D eigenvalue weighted by molar-refractivity contribution is -0.135. The van der Waals surface area contributed by atoms with Crippen molar-refractivity contribution in [3.8, 4) is 0 Å². The van der Waals surface area contributed by atoms with Crippen LogP contribution in [0.5, 0.6) is 0 Å². The minimum atomic E-state index is -0.416. The van der Waals surface area contributed by atoms with Gasteiger partial charge in [-0.2, -0.15) is 0 Å². The van der Waals surface area contributed by atoms with E-state index in [1.807, 2.05) is 12.1 Å². The second-order valence-electron chi connectivity index (χ2n) is 2.98. The predicted octanol–water partition coefficient (Wildman–Crippen LogP) is 1.92. The zero-order valence-corrected chi connectivity index (χ0v) is 8.86. The molecule has 0 aliphatic rings. The van der Waals surface area contributed by atoms with Gasteiger partial charge in [-0.1, -0.05) is 12.1 Å². The number of para-hydroxylation sites is 2. The molecule has 0 amide bonds. The topological polar surface area (TPSA) is 64.7 Å². The summed E-state index contributed by atoms with van der Waals surface area (Å²) in [5.41, 5.74) is 7.11. The number of anilines is 1. The van der Waals surface area contributed by atoms with E-state index in [0.29, 0.717) is 23.7 Å². The van der Waals surface area contributed by atoms with Crippen molar-refractivity contribution in [1.29, 1.82) is 0 Å². The highest BCUT2D eigenvalue weighted by Gasteiger charge is 2.06. The number of carbonyl (C=O) groups excluding carboxylic acids is 1. The van der Waals surface area contributed by atoms with Gasteiger partial charge in [0, 0.05) is 0 Å². The van der Waals surface area contributed by atoms with Gasteiger partial charge in [0.2, 0.25) is 0 Å². The maximum Gasteiger partial charge on any atom is 0.352 e. The standard InChI is InChI=1S/C11H14N2O2/c1-3-15-11(14)8(2)13-10-7-5-4-6-9(10)12/h4-7H,3,12H2,1-2H3. The zero-order valence-electron chi connectivity index (χ0n) is 8.86. The summed E-state index contributed by atoms with van der Waals surface area (Å²) in [6.45, 7) is 3.70. The molecule has 2 N–H and O–H groups in total. The van der Waals surface area contributed by atoms with Gasteiger partial charge in [0.25, 0.3) is 0 Å². The van der Waals surface area contributed by atoms with Crippen LogP contribution in [0.3, 0.4) is 0 Å². The number of hydrogen-bond acceptors (Lipinski definition) is 4. The van der Waals surface area contributed by atoms with E-state index in [9.17, 15) is 4.79 Å². The highest BCUT2D eigenvalue weighted by atomic mass is 16.5. The smallest absolute Gasteiger partial charge is 0.352 e. The van der Waals surface area contributed by atoms with Crippen molar-refractivity contribution in [1.82, 2.24) is 0 Å². The van der Waals surface area contributed by atoms with Gasteiger partial charge in [0.15, 0.2) is 0 Å². The van der Waals surface area contributed by atoms with Crippen LogP contribution in [0.1, 0.15) is 13.8 Å². The summed E-state index contributed by atoms with van der Waals surface area (Å²) in [6.07, 6.45) is 0. The first-order valence-corrected chi connectivity index (χ1v) is 4.72. The fourth-order valence-corrected chi connectivity index (χ4v) is 1.05. The molecule has 80 valence electrons. The molecule has 0 aliphatic heterocycles. The quantitative estimate of drug-likeness (QED) is 0.467. The Morgan fingerprint density at radius 1 is 1.47 bits per heavy atom. The number of ether oxygens (including phenoxy) is 1. The lowest BCUT2D eigenvalue weighted by atomic mass is 10.3. The maximum atomic E-state index is 11.3. The Kier molecular flexibility index (Phi) is 3.85. The molecule has 1 rings (SSSR count). The van der Waals surface area contributed by atoms with Crippen LogP contribution in [0.25, 0.3) is 0 Å². The molecular formula is C11H14N2O2. The molecule has 0 saturated heterocycles. The number of nitrogen functional groups attached to an aromatic ring is 1. The lowest BCUT2D eigenvalue weighted by Gasteiger charge is -2.02. The SMILES string of the molecule is CCOC(=O)C(C)=Nc1ccccc1N. The highest BCUT2D eigenvalue weighted by molar-refractivity contribution is 6.36. The molecule has 0 aromatic heterocycles. The Morgan fingerprint density at radius 2 is 2.13 bits per heavy atom. The number of aliphatic imine (C=N–C) groups is 1. The Labute approximate surface area is 88.8 Å². The highest BCUT2D eigenvalue weighted by Crippen LogP contribution is 2.20. The Bertz CT molecular complexity index is 386. The average Bonchev–Trinajstić information content (AvgIpc) is 2.21. The minimum Gasteiger partial charge on any atom is -0.462 e. The van der Waals surface area contributed by atoms with Crippen molar-refractivity contribution < 1.29 is 9.53 Å². The molecule has 0 saturated carbocycles. The molecule has 0 bridgehead atoms. The minimum absolute atomic E-state index is 0.301. The van der Waals surface area contributed by atoms with Gasteiger partial charge in [0.1, 0.15) is 5.71 Å². The van der Waals surface area contributed by atoms with Crippen molar-refractivity contribution in [3.63, 3.8) is 0 Å². The molecule has 4 nitrogen and oxygen atoms in total. The first-order valence-electron chi connectivity index (χ1n) is 4.72. The summed E-state index contributed by atoms with van der Waals surface area (Å²) in [4.78, 5) is 15.4. The normalized spacial score (nSPS) is 11.2. The van der Waals surface area contributed by atoms with E-state index in [0.717, 1.165) is 0 Å². The number of nitrogens with zero attached hydrogens (tertiary/aromatic N) is 1. The van der Waals surface area contributed by atoms with Crippen LogP contribution < -0.4 is 5.73 Å². The second kappa shape index (κ2) is 5.14. The van der Waals surface area contributed by atoms with Gasteiger partial charge in [-0.15, -0.1) is 0 Å². The lowest BCUT2D eigenvalue weighted by Crippen LogP contribution is -2.13. The predicted molar refractivity (Wildman–Crippen MR) is 60.3 cm³/mol. The van der Waals surface area contributed by atoms with E-state index < -0.39 is 5.97 Å². The third kappa shape index (κ3) is 3.09. The van der Waals surface area contributed by atoms with E-state index in [-0.39, 0.29) is 0 Å². The molecule has 0 fully saturated rings. The molecule has 0 atom stereocenters. The summed E-state index contributed by atoms with van der Waals surface area (Å²) < 4.78 is 4.81. The number of hydrogen-bond donors (Lipinski definition) is 1. The molecule has 1 aromatic rings. The van der Waals surface area contributed by atoms with Gasteiger partial charge in [0.05, 0.1) is 18.0 Å². The molecule has 15 heavy (non-hydrogen) atoms. The molecule has 0 heterocycles. The van der Waals surface area contributed by atoms with Crippen molar-refractivity contribution in [2.75, 3.05) is 12.3 Å². The number of esters is 1. The summed E-state index contributed by atoms with van der Waals surface area (Å²) >= 11 is 0. The van der Waals surface area contributed by atoms with Crippen LogP contribution in [-0.2, 0) is 9.53 Å². The van der Waals surface area contributed by atoms with Crippen LogP contribution in [0, 0.1) is 0 Å². The zero-order chi connectivity index (χ0) is 11.3. The second-order valence-corrected chi connectivity index (χ2v) is 2.98. The molecule has 0 aliphatic carbocycles. The van der Waals surface area contributed by atoms with Crippen molar-refractivity contribution in [2.24, 2.45) is 4.99 Å². The molecule has 0 spiro atoms. The first kappa shape index (κ1) is 11.2. The fraction of sp³-hybridized carbons (Fsp3) is 0.273. The molecule has 4 heteroatoms. The Morgan fingerprint density at radius 3 is 2.73 bits per heavy atom. The number of nitrogens with two attached hydrogens (primary N) is 1. The van der Waals surface area contributed by atoms with Crippen LogP contribution in [0.2, 0.25) is 0 Å². The van der Waals surface area contributed by atoms with Gasteiger partial charge >= 0.3 is 5.97 Å². The average molecular weight is 206 g/mol. The maximum absolute atomic E-state index is 11.3. The fourth-order valence-electron chi connectivity index (χ4n) is 1.05. The summed E-state index contributed by atoms with van der Waals surface area (Å²) in [6, 6.07) is 7.11. The molecule has 0 radical (unpaired) electrons. The first-order chi connectivity index (χ1) is 7.15. The molecular weight excluding hydrogens is 192 g/mol. The van der Waals surface area contributed by atoms with E-state index in [1.165, 1.54) is 0 Å². The number of rotatable bonds is 3. The van der Waals surface area contributed by atoms with E-state index in [4.69, 9.17) is 10.5 Å². The van der Waals surface area contributed by atoms with Gasteiger partial charge < -0.3 is 10.5 Å². The van der Waals surface area contributed by atoms with E-state index in [1.54, 1.807) is 26.0 Å². The summed E-state index contributed by atoms with van der Waals surface area (Å²) in [5, 5.41) is 0. The third-order valence-corrected chi connectivity index (χ3v) is 1.80. The largest absolute Gasteiger partial charge is 0.462 e. The van der Waals surface area contributed by atoms with E-state index in [2.05, 4.69) is 4.99 Å². The Balaban J connectivity index is 2.88. The van der Waals surface area contributed by atoms with Gasteiger partial charge in [-0.25, -0.2) is 9.79 Å². The summed E-state index contributed by atoms with van der Waals surface area (Å²) in [7, 11) is 0. The van der Waals surface area contributed by atoms with Crippen LogP contribution in [-0.4, -0.2) is 18.3 Å². The van der Waals surface area contributed by atoms with Crippen LogP contribution >= 0.6 is 0 Å². The van der Waals surface area contributed by atoms with Crippen molar-refractivity contribution in [3.05, 3.63) is 24.3 Å². The number of benzene rings is 1. The molecule has 1 aromatic carbocycles. The monoisotopic (exact) mass is 206 g/mol. The van der Waals surface area contributed by atoms with E-state index >= 15 is 0 Å². The van der Waals surface area contributed by atoms with Gasteiger partial charge in [-0.3, -0.25) is 0 Å². The van der Waals surface area contributed by atoms with Crippen LogP contribution in [0.4, 0.5) is 11.4 Å². The van der Waals surface area contributed by atoms with Crippen molar-refractivity contribution >= 4 is 23.1 Å². The van der Waals surface area contributed by atoms with Crippen molar-refractivity contribution in [2.45, 2.75) is 13.8 Å². The Hall–Kier alpha value is -1.84. The molecule has 0 unspecified atom stereocenters. The number of carbonyl (C=O) groups is 1. The third-order valence-electron chi connectivity index (χ3n) is 1.80. The van der Waals surface area contributed by atoms with Crippen LogP contribution in [0.15, 0.2) is 29.3 Å². The van der Waals surface area contributed by atoms with Gasteiger partial charge in [-0.05, 0) is 26.0 Å².